The van der Waals surface area contributed by atoms with E-state index < -0.39 is 39.9 Å². The van der Waals surface area contributed by atoms with Gasteiger partial charge in [0, 0.05) is 11.8 Å². The number of hydrogen-bond acceptors (Lipinski definition) is 5. The summed E-state index contributed by atoms with van der Waals surface area (Å²) in [5.41, 5.74) is -1.45. The second-order valence-electron chi connectivity index (χ2n) is 5.50. The Morgan fingerprint density at radius 2 is 1.74 bits per heavy atom. The highest BCUT2D eigenvalue weighted by atomic mass is 35.5. The van der Waals surface area contributed by atoms with E-state index in [1.807, 2.05) is 0 Å². The van der Waals surface area contributed by atoms with E-state index >= 15 is 0 Å². The molecule has 5 nitrogen and oxygen atoms in total. The van der Waals surface area contributed by atoms with Gasteiger partial charge in [0.15, 0.2) is 22.2 Å². The van der Waals surface area contributed by atoms with Gasteiger partial charge in [-0.3, -0.25) is 4.79 Å². The highest BCUT2D eigenvalue weighted by Crippen LogP contribution is 2.29. The molecule has 0 aliphatic heterocycles. The van der Waals surface area contributed by atoms with Gasteiger partial charge in [-0.15, -0.1) is 0 Å². The minimum atomic E-state index is -4.61. The Morgan fingerprint density at radius 3 is 2.33 bits per heavy atom. The predicted octanol–water partition coefficient (Wildman–Crippen LogP) is 3.80. The number of halogens is 4. The first-order valence-electron chi connectivity index (χ1n) is 7.27. The lowest BCUT2D eigenvalue weighted by atomic mass is 10.1. The average Bonchev–Trinajstić information content (AvgIpc) is 2.58. The molecule has 2 rings (SSSR count). The van der Waals surface area contributed by atoms with Gasteiger partial charge in [-0.1, -0.05) is 23.7 Å². The molecule has 0 atom stereocenters. The van der Waals surface area contributed by atoms with Crippen molar-refractivity contribution in [2.45, 2.75) is 11.1 Å². The maximum absolute atomic E-state index is 12.7. The van der Waals surface area contributed by atoms with Crippen LogP contribution in [0.4, 0.5) is 13.2 Å². The molecule has 0 unspecified atom stereocenters. The van der Waals surface area contributed by atoms with Crippen molar-refractivity contribution in [3.63, 3.8) is 0 Å². The Balaban J connectivity index is 2.13. The number of ketones is 1. The average molecular weight is 421 g/mol. The molecular formula is C17H12ClF3O5S. The molecule has 0 N–H and O–H groups in total. The SMILES string of the molecule is CS(=O)(=O)c1cc(C(=O)OCC(=O)c2cccc(C(F)(F)F)c2)ccc1Cl. The molecule has 10 heteroatoms. The molecule has 2 aromatic carbocycles. The van der Waals surface area contributed by atoms with Crippen molar-refractivity contribution >= 4 is 33.2 Å². The molecule has 27 heavy (non-hydrogen) atoms. The molecule has 0 radical (unpaired) electrons. The largest absolute Gasteiger partial charge is 0.454 e. The molecular weight excluding hydrogens is 409 g/mol. The zero-order chi connectivity index (χ0) is 20.4. The standard InChI is InChI=1S/C17H12ClF3O5S/c1-27(24,25)15-8-11(5-6-13(15)18)16(23)26-9-14(22)10-3-2-4-12(7-10)17(19,20)21/h2-8H,9H2,1H3. The van der Waals surface area contributed by atoms with Crippen LogP contribution in [0.5, 0.6) is 0 Å². The predicted molar refractivity (Wildman–Crippen MR) is 90.6 cm³/mol. The summed E-state index contributed by atoms with van der Waals surface area (Å²) in [5, 5.41) is -0.0888. The number of esters is 1. The van der Waals surface area contributed by atoms with Crippen molar-refractivity contribution in [2.24, 2.45) is 0 Å². The summed E-state index contributed by atoms with van der Waals surface area (Å²) in [4.78, 5) is 23.7. The van der Waals surface area contributed by atoms with Gasteiger partial charge in [0.05, 0.1) is 21.0 Å². The highest BCUT2D eigenvalue weighted by molar-refractivity contribution is 7.90. The van der Waals surface area contributed by atoms with Gasteiger partial charge in [0.25, 0.3) is 0 Å². The molecule has 0 fully saturated rings. The summed E-state index contributed by atoms with van der Waals surface area (Å²) < 4.78 is 66.0. The van der Waals surface area contributed by atoms with E-state index in [9.17, 15) is 31.2 Å². The Hall–Kier alpha value is -2.39. The van der Waals surface area contributed by atoms with Gasteiger partial charge in [-0.2, -0.15) is 13.2 Å². The molecule has 2 aromatic rings. The molecule has 0 spiro atoms. The van der Waals surface area contributed by atoms with Crippen molar-refractivity contribution < 1.29 is 35.9 Å². The van der Waals surface area contributed by atoms with E-state index in [1.54, 1.807) is 0 Å². The lowest BCUT2D eigenvalue weighted by Gasteiger charge is -2.09. The second kappa shape index (κ2) is 7.69. The minimum absolute atomic E-state index is 0.0888. The number of benzene rings is 2. The number of rotatable bonds is 5. The highest BCUT2D eigenvalue weighted by Gasteiger charge is 2.31. The maximum Gasteiger partial charge on any atom is 0.416 e. The summed E-state index contributed by atoms with van der Waals surface area (Å²) in [5.74, 6) is -1.86. The monoisotopic (exact) mass is 420 g/mol. The summed E-state index contributed by atoms with van der Waals surface area (Å²) >= 11 is 5.77. The normalized spacial score (nSPS) is 11.9. The van der Waals surface area contributed by atoms with Gasteiger partial charge in [0.1, 0.15) is 0 Å². The van der Waals surface area contributed by atoms with Crippen molar-refractivity contribution in [1.29, 1.82) is 0 Å². The molecule has 0 aliphatic rings. The van der Waals surface area contributed by atoms with E-state index in [2.05, 4.69) is 0 Å². The van der Waals surface area contributed by atoms with E-state index in [-0.39, 0.29) is 21.0 Å². The third-order valence-electron chi connectivity index (χ3n) is 3.41. The number of Topliss-reactive ketones (excluding diaryl/α,β-unsaturated/α-hetero) is 1. The zero-order valence-corrected chi connectivity index (χ0v) is 15.3. The van der Waals surface area contributed by atoms with Gasteiger partial charge in [0.2, 0.25) is 0 Å². The molecule has 0 saturated heterocycles. The van der Waals surface area contributed by atoms with Crippen molar-refractivity contribution in [3.05, 3.63) is 64.2 Å². The Labute approximate surface area is 157 Å². The van der Waals surface area contributed by atoms with Crippen LogP contribution < -0.4 is 0 Å². The number of alkyl halides is 3. The van der Waals surface area contributed by atoms with Crippen LogP contribution in [0, 0.1) is 0 Å². The van der Waals surface area contributed by atoms with Crippen LogP contribution in [-0.4, -0.2) is 33.0 Å². The smallest absolute Gasteiger partial charge is 0.416 e. The Morgan fingerprint density at radius 1 is 1.07 bits per heavy atom. The van der Waals surface area contributed by atoms with Crippen LogP contribution >= 0.6 is 11.6 Å². The third-order valence-corrected chi connectivity index (χ3v) is 4.99. The topological polar surface area (TPSA) is 77.5 Å². The first kappa shape index (κ1) is 20.9. The number of ether oxygens (including phenoxy) is 1. The van der Waals surface area contributed by atoms with Crippen molar-refractivity contribution in [2.75, 3.05) is 12.9 Å². The lowest BCUT2D eigenvalue weighted by Crippen LogP contribution is -2.15. The van der Waals surface area contributed by atoms with Crippen LogP contribution in [-0.2, 0) is 20.8 Å². The quantitative estimate of drug-likeness (QED) is 0.543. The van der Waals surface area contributed by atoms with Crippen LogP contribution in [0.15, 0.2) is 47.4 Å². The fourth-order valence-corrected chi connectivity index (χ4v) is 3.38. The van der Waals surface area contributed by atoms with Crippen molar-refractivity contribution in [1.82, 2.24) is 0 Å². The lowest BCUT2D eigenvalue weighted by molar-refractivity contribution is -0.137. The fourth-order valence-electron chi connectivity index (χ4n) is 2.08. The number of hydrogen-bond donors (Lipinski definition) is 0. The zero-order valence-electron chi connectivity index (χ0n) is 13.7. The first-order chi connectivity index (χ1) is 12.4. The van der Waals surface area contributed by atoms with Gasteiger partial charge < -0.3 is 4.74 Å². The van der Waals surface area contributed by atoms with E-state index in [0.717, 1.165) is 30.5 Å². The van der Waals surface area contributed by atoms with Gasteiger partial charge in [-0.05, 0) is 30.3 Å². The third kappa shape index (κ3) is 5.30. The summed E-state index contributed by atoms with van der Waals surface area (Å²) in [6.45, 7) is -0.809. The first-order valence-corrected chi connectivity index (χ1v) is 9.54. The summed E-state index contributed by atoms with van der Waals surface area (Å²) in [6.07, 6.45) is -3.71. The molecule has 0 amide bonds. The summed E-state index contributed by atoms with van der Waals surface area (Å²) in [6, 6.07) is 7.07. The summed E-state index contributed by atoms with van der Waals surface area (Å²) in [7, 11) is -3.70. The number of carbonyl (C=O) groups is 2. The molecule has 144 valence electrons. The van der Waals surface area contributed by atoms with Crippen LogP contribution in [0.25, 0.3) is 0 Å². The van der Waals surface area contributed by atoms with Crippen molar-refractivity contribution in [3.8, 4) is 0 Å². The van der Waals surface area contributed by atoms with Crippen LogP contribution in [0.3, 0.4) is 0 Å². The van der Waals surface area contributed by atoms with Gasteiger partial charge in [-0.25, -0.2) is 13.2 Å². The maximum atomic E-state index is 12.7. The van der Waals surface area contributed by atoms with Crippen LogP contribution in [0.2, 0.25) is 5.02 Å². The number of sulfone groups is 1. The second-order valence-corrected chi connectivity index (χ2v) is 7.89. The molecule has 0 aliphatic carbocycles. The molecule has 0 saturated carbocycles. The molecule has 0 aromatic heterocycles. The van der Waals surface area contributed by atoms with Gasteiger partial charge >= 0.3 is 12.1 Å². The number of carbonyl (C=O) groups excluding carboxylic acids is 2. The van der Waals surface area contributed by atoms with E-state index in [0.29, 0.717) is 6.07 Å². The van der Waals surface area contributed by atoms with Crippen LogP contribution in [0.1, 0.15) is 26.3 Å². The van der Waals surface area contributed by atoms with E-state index in [4.69, 9.17) is 16.3 Å². The Bertz CT molecular complexity index is 1000. The Kier molecular flexibility index (Phi) is 5.96. The molecule has 0 heterocycles. The molecule has 0 bridgehead atoms. The van der Waals surface area contributed by atoms with E-state index in [1.165, 1.54) is 12.1 Å². The minimum Gasteiger partial charge on any atom is -0.454 e. The fraction of sp³-hybridized carbons (Fsp3) is 0.176.